The van der Waals surface area contributed by atoms with Crippen LogP contribution in [0.3, 0.4) is 0 Å². The predicted molar refractivity (Wildman–Crippen MR) is 111 cm³/mol. The number of alkyl halides is 6. The second-order valence-electron chi connectivity index (χ2n) is 6.96. The summed E-state index contributed by atoms with van der Waals surface area (Å²) in [7, 11) is 0. The monoisotopic (exact) mass is 527 g/mol. The maximum Gasteiger partial charge on any atom is 0.416 e. The molecule has 34 heavy (non-hydrogen) atoms. The van der Waals surface area contributed by atoms with Crippen LogP contribution in [0, 0.1) is 5.82 Å². The molecule has 182 valence electrons. The summed E-state index contributed by atoms with van der Waals surface area (Å²) >= 11 is 6.53. The quantitative estimate of drug-likeness (QED) is 0.509. The fourth-order valence-corrected chi connectivity index (χ4v) is 4.06. The Labute approximate surface area is 196 Å². The standard InChI is InChI=1S/C20H13ClF7N3O2S/c21-13-2-1-3-14(22)12(13)8-29-16(32)7-15-17(33)31-18(34-15)30-11-5-9(19(23,24)25)4-10(6-11)20(26,27)28/h1-6,15H,7-8H2,(H,29,32)(H,30,31,33). The molecule has 0 bridgehead atoms. The zero-order valence-electron chi connectivity index (χ0n) is 16.7. The number of nitrogens with one attached hydrogen (secondary N) is 2. The normalized spacial score (nSPS) is 17.7. The molecule has 2 N–H and O–H groups in total. The summed E-state index contributed by atoms with van der Waals surface area (Å²) in [5, 5.41) is 3.37. The molecular weight excluding hydrogens is 515 g/mol. The number of benzene rings is 2. The van der Waals surface area contributed by atoms with Crippen LogP contribution in [-0.2, 0) is 28.5 Å². The molecule has 0 spiro atoms. The second kappa shape index (κ2) is 9.82. The highest BCUT2D eigenvalue weighted by Gasteiger charge is 2.37. The van der Waals surface area contributed by atoms with Gasteiger partial charge in [-0.25, -0.2) is 9.38 Å². The first-order chi connectivity index (χ1) is 15.7. The molecule has 1 saturated heterocycles. The highest BCUT2D eigenvalue weighted by Crippen LogP contribution is 2.38. The number of thioether (sulfide) groups is 1. The third-order valence-corrected chi connectivity index (χ3v) is 5.91. The minimum Gasteiger partial charge on any atom is -0.352 e. The highest BCUT2D eigenvalue weighted by atomic mass is 35.5. The summed E-state index contributed by atoms with van der Waals surface area (Å²) in [6.07, 6.45) is -10.5. The van der Waals surface area contributed by atoms with Crippen molar-refractivity contribution in [2.24, 2.45) is 4.99 Å². The van der Waals surface area contributed by atoms with Gasteiger partial charge in [-0.1, -0.05) is 29.4 Å². The van der Waals surface area contributed by atoms with Gasteiger partial charge in [0, 0.05) is 23.6 Å². The molecule has 1 aliphatic rings. The number of nitrogens with zero attached hydrogens (tertiary/aromatic N) is 1. The van der Waals surface area contributed by atoms with Crippen molar-refractivity contribution >= 4 is 46.0 Å². The van der Waals surface area contributed by atoms with E-state index in [-0.39, 0.29) is 28.4 Å². The molecule has 0 aromatic heterocycles. The second-order valence-corrected chi connectivity index (χ2v) is 8.56. The summed E-state index contributed by atoms with van der Waals surface area (Å²) in [6.45, 7) is -0.255. The largest absolute Gasteiger partial charge is 0.416 e. The molecule has 0 saturated carbocycles. The maximum absolute atomic E-state index is 13.8. The van der Waals surface area contributed by atoms with Gasteiger partial charge in [0.25, 0.3) is 0 Å². The van der Waals surface area contributed by atoms with E-state index in [1.54, 1.807) is 0 Å². The molecule has 2 amide bonds. The van der Waals surface area contributed by atoms with Crippen LogP contribution in [0.2, 0.25) is 5.02 Å². The number of hydrogen-bond acceptors (Lipinski definition) is 4. The number of carbonyl (C=O) groups excluding carboxylic acids is 2. The average Bonchev–Trinajstić information content (AvgIpc) is 3.04. The molecule has 2 aromatic carbocycles. The molecule has 1 atom stereocenters. The van der Waals surface area contributed by atoms with Crippen molar-refractivity contribution in [2.75, 3.05) is 0 Å². The number of halogens is 8. The van der Waals surface area contributed by atoms with E-state index in [0.717, 1.165) is 6.07 Å². The van der Waals surface area contributed by atoms with E-state index < -0.39 is 58.5 Å². The Bertz CT molecular complexity index is 1100. The zero-order chi connectivity index (χ0) is 25.3. The minimum absolute atomic E-state index is 0.0355. The van der Waals surface area contributed by atoms with Gasteiger partial charge in [0.15, 0.2) is 5.17 Å². The number of amides is 2. The Morgan fingerprint density at radius 2 is 1.71 bits per heavy atom. The van der Waals surface area contributed by atoms with Crippen LogP contribution in [0.4, 0.5) is 36.4 Å². The molecule has 1 unspecified atom stereocenters. The summed E-state index contributed by atoms with van der Waals surface area (Å²) in [6, 6.07) is 4.73. The Kier molecular flexibility index (Phi) is 7.46. The number of carbonyl (C=O) groups is 2. The molecule has 1 fully saturated rings. The van der Waals surface area contributed by atoms with E-state index in [0.29, 0.717) is 23.9 Å². The van der Waals surface area contributed by atoms with Gasteiger partial charge in [-0.15, -0.1) is 0 Å². The number of aliphatic imine (C=N–C) groups is 1. The maximum atomic E-state index is 13.8. The lowest BCUT2D eigenvalue weighted by atomic mass is 10.1. The molecule has 3 rings (SSSR count). The first kappa shape index (κ1) is 25.8. The third-order valence-electron chi connectivity index (χ3n) is 4.47. The van der Waals surface area contributed by atoms with Crippen molar-refractivity contribution in [3.8, 4) is 0 Å². The first-order valence-electron chi connectivity index (χ1n) is 9.29. The van der Waals surface area contributed by atoms with Gasteiger partial charge in [0.05, 0.1) is 16.8 Å². The van der Waals surface area contributed by atoms with Gasteiger partial charge in [0.2, 0.25) is 11.8 Å². The molecule has 2 aromatic rings. The summed E-state index contributed by atoms with van der Waals surface area (Å²) in [5.74, 6) is -2.02. The summed E-state index contributed by atoms with van der Waals surface area (Å²) in [4.78, 5) is 27.9. The molecule has 14 heteroatoms. The van der Waals surface area contributed by atoms with Crippen LogP contribution < -0.4 is 10.6 Å². The zero-order valence-corrected chi connectivity index (χ0v) is 18.2. The first-order valence-corrected chi connectivity index (χ1v) is 10.5. The average molecular weight is 528 g/mol. The van der Waals surface area contributed by atoms with Gasteiger partial charge in [-0.3, -0.25) is 9.59 Å². The Hall–Kier alpha value is -2.80. The van der Waals surface area contributed by atoms with Crippen LogP contribution in [0.1, 0.15) is 23.1 Å². The van der Waals surface area contributed by atoms with Gasteiger partial charge >= 0.3 is 12.4 Å². The summed E-state index contributed by atoms with van der Waals surface area (Å²) < 4.78 is 91.7. The minimum atomic E-state index is -5.05. The molecule has 0 aliphatic carbocycles. The molecule has 1 heterocycles. The van der Waals surface area contributed by atoms with Gasteiger partial charge in [-0.2, -0.15) is 26.3 Å². The van der Waals surface area contributed by atoms with Gasteiger partial charge in [0.1, 0.15) is 11.1 Å². The van der Waals surface area contributed by atoms with Gasteiger partial charge < -0.3 is 10.6 Å². The van der Waals surface area contributed by atoms with E-state index in [4.69, 9.17) is 11.6 Å². The topological polar surface area (TPSA) is 70.6 Å². The van der Waals surface area contributed by atoms with Crippen molar-refractivity contribution in [3.05, 3.63) is 63.9 Å². The fraction of sp³-hybridized carbons (Fsp3) is 0.250. The number of hydrogen-bond donors (Lipinski definition) is 2. The van der Waals surface area contributed by atoms with Crippen molar-refractivity contribution in [1.82, 2.24) is 10.6 Å². The lowest BCUT2D eigenvalue weighted by Crippen LogP contribution is -2.31. The van der Waals surface area contributed by atoms with Gasteiger partial charge in [-0.05, 0) is 30.3 Å². The van der Waals surface area contributed by atoms with Crippen LogP contribution in [-0.4, -0.2) is 22.2 Å². The van der Waals surface area contributed by atoms with Crippen molar-refractivity contribution in [3.63, 3.8) is 0 Å². The Balaban J connectivity index is 1.71. The predicted octanol–water partition coefficient (Wildman–Crippen LogP) is 5.44. The SMILES string of the molecule is O=C(CC1SC(=Nc2cc(C(F)(F)F)cc(C(F)(F)F)c2)NC1=O)NCc1c(F)cccc1Cl. The Morgan fingerprint density at radius 3 is 2.26 bits per heavy atom. The van der Waals surface area contributed by atoms with Crippen molar-refractivity contribution < 1.29 is 40.3 Å². The summed E-state index contributed by atoms with van der Waals surface area (Å²) in [5.41, 5.74) is -3.75. The lowest BCUT2D eigenvalue weighted by Gasteiger charge is -2.12. The van der Waals surface area contributed by atoms with E-state index in [9.17, 15) is 40.3 Å². The molecule has 5 nitrogen and oxygen atoms in total. The van der Waals surface area contributed by atoms with Crippen molar-refractivity contribution in [2.45, 2.75) is 30.6 Å². The van der Waals surface area contributed by atoms with Crippen LogP contribution in [0.25, 0.3) is 0 Å². The van der Waals surface area contributed by atoms with Crippen molar-refractivity contribution in [1.29, 1.82) is 0 Å². The Morgan fingerprint density at radius 1 is 1.09 bits per heavy atom. The van der Waals surface area contributed by atoms with E-state index in [2.05, 4.69) is 15.6 Å². The van der Waals surface area contributed by atoms with Crippen LogP contribution in [0.5, 0.6) is 0 Å². The van der Waals surface area contributed by atoms with E-state index >= 15 is 0 Å². The van der Waals surface area contributed by atoms with Crippen LogP contribution >= 0.6 is 23.4 Å². The van der Waals surface area contributed by atoms with E-state index in [1.807, 2.05) is 0 Å². The molecule has 0 radical (unpaired) electrons. The molecular formula is C20H13ClF7N3O2S. The number of rotatable bonds is 5. The fourth-order valence-electron chi connectivity index (χ4n) is 2.84. The third kappa shape index (κ3) is 6.41. The highest BCUT2D eigenvalue weighted by molar-refractivity contribution is 8.15. The smallest absolute Gasteiger partial charge is 0.352 e. The number of amidine groups is 1. The molecule has 1 aliphatic heterocycles. The lowest BCUT2D eigenvalue weighted by molar-refractivity contribution is -0.143. The van der Waals surface area contributed by atoms with Crippen LogP contribution in [0.15, 0.2) is 41.4 Å². The van der Waals surface area contributed by atoms with E-state index in [1.165, 1.54) is 12.1 Å².